The average molecular weight is 318 g/mol. The van der Waals surface area contributed by atoms with E-state index in [0.29, 0.717) is 30.9 Å². The van der Waals surface area contributed by atoms with E-state index >= 15 is 0 Å². The van der Waals surface area contributed by atoms with E-state index in [4.69, 9.17) is 5.73 Å². The SMILES string of the molecule is CCNC(=O)c1ccc(CNC(=O)c2csc(CN)n2)cc1. The average Bonchev–Trinajstić information content (AvgIpc) is 3.02. The van der Waals surface area contributed by atoms with Crippen LogP contribution in [0.15, 0.2) is 29.6 Å². The Morgan fingerprint density at radius 2 is 1.91 bits per heavy atom. The summed E-state index contributed by atoms with van der Waals surface area (Å²) in [5, 5.41) is 7.95. The van der Waals surface area contributed by atoms with E-state index in [-0.39, 0.29) is 11.8 Å². The Kier molecular flexibility index (Phi) is 5.62. The van der Waals surface area contributed by atoms with Crippen LogP contribution >= 0.6 is 11.3 Å². The quantitative estimate of drug-likeness (QED) is 0.747. The number of rotatable bonds is 6. The fourth-order valence-corrected chi connectivity index (χ4v) is 2.47. The molecule has 0 aliphatic rings. The van der Waals surface area contributed by atoms with E-state index in [2.05, 4.69) is 15.6 Å². The Balaban J connectivity index is 1.91. The molecule has 6 nitrogen and oxygen atoms in total. The fourth-order valence-electron chi connectivity index (χ4n) is 1.82. The van der Waals surface area contributed by atoms with Crippen molar-refractivity contribution < 1.29 is 9.59 Å². The summed E-state index contributed by atoms with van der Waals surface area (Å²) in [5.74, 6) is -0.335. The van der Waals surface area contributed by atoms with Gasteiger partial charge in [-0.2, -0.15) is 0 Å². The Labute approximate surface area is 132 Å². The van der Waals surface area contributed by atoms with Crippen LogP contribution in [0, 0.1) is 0 Å². The van der Waals surface area contributed by atoms with Crippen molar-refractivity contribution in [1.82, 2.24) is 15.6 Å². The predicted octanol–water partition coefficient (Wildman–Crippen LogP) is 1.28. The van der Waals surface area contributed by atoms with Crippen LogP contribution in [0.3, 0.4) is 0 Å². The smallest absolute Gasteiger partial charge is 0.271 e. The van der Waals surface area contributed by atoms with Gasteiger partial charge in [0.25, 0.3) is 11.8 Å². The number of carbonyl (C=O) groups is 2. The van der Waals surface area contributed by atoms with Crippen LogP contribution in [0.25, 0.3) is 0 Å². The van der Waals surface area contributed by atoms with Gasteiger partial charge >= 0.3 is 0 Å². The van der Waals surface area contributed by atoms with Crippen molar-refractivity contribution in [3.63, 3.8) is 0 Å². The standard InChI is InChI=1S/C15H18N4O2S/c1-2-17-14(20)11-5-3-10(4-6-11)8-18-15(21)12-9-22-13(7-16)19-12/h3-6,9H,2,7-8,16H2,1H3,(H,17,20)(H,18,21). The number of carbonyl (C=O) groups excluding carboxylic acids is 2. The largest absolute Gasteiger partial charge is 0.352 e. The summed E-state index contributed by atoms with van der Waals surface area (Å²) < 4.78 is 0. The minimum absolute atomic E-state index is 0.102. The first-order chi connectivity index (χ1) is 10.6. The monoisotopic (exact) mass is 318 g/mol. The molecular formula is C15H18N4O2S. The molecule has 4 N–H and O–H groups in total. The van der Waals surface area contributed by atoms with Crippen LogP contribution in [0.1, 0.15) is 38.3 Å². The van der Waals surface area contributed by atoms with Crippen LogP contribution in [0.4, 0.5) is 0 Å². The molecule has 0 atom stereocenters. The first kappa shape index (κ1) is 16.1. The van der Waals surface area contributed by atoms with Gasteiger partial charge in [-0.3, -0.25) is 9.59 Å². The zero-order chi connectivity index (χ0) is 15.9. The van der Waals surface area contributed by atoms with E-state index in [1.165, 1.54) is 11.3 Å². The van der Waals surface area contributed by atoms with Gasteiger partial charge < -0.3 is 16.4 Å². The van der Waals surface area contributed by atoms with Gasteiger partial charge in [0, 0.05) is 30.6 Å². The van der Waals surface area contributed by atoms with Crippen LogP contribution in [0.2, 0.25) is 0 Å². The number of nitrogens with one attached hydrogen (secondary N) is 2. The van der Waals surface area contributed by atoms with Crippen molar-refractivity contribution in [1.29, 1.82) is 0 Å². The van der Waals surface area contributed by atoms with Gasteiger partial charge in [0.2, 0.25) is 0 Å². The third-order valence-electron chi connectivity index (χ3n) is 2.97. The normalized spacial score (nSPS) is 10.3. The Bertz CT molecular complexity index is 652. The van der Waals surface area contributed by atoms with Crippen molar-refractivity contribution in [2.24, 2.45) is 5.73 Å². The highest BCUT2D eigenvalue weighted by Crippen LogP contribution is 2.09. The maximum atomic E-state index is 11.9. The lowest BCUT2D eigenvalue weighted by Crippen LogP contribution is -2.24. The summed E-state index contributed by atoms with van der Waals surface area (Å²) in [6.07, 6.45) is 0. The molecule has 1 aromatic carbocycles. The van der Waals surface area contributed by atoms with Crippen LogP contribution < -0.4 is 16.4 Å². The molecule has 2 aromatic rings. The van der Waals surface area contributed by atoms with Gasteiger partial charge in [0.1, 0.15) is 10.7 Å². The molecule has 0 unspecified atom stereocenters. The molecule has 2 rings (SSSR count). The zero-order valence-electron chi connectivity index (χ0n) is 12.3. The molecule has 0 aliphatic heterocycles. The van der Waals surface area contributed by atoms with Gasteiger partial charge in [0.15, 0.2) is 0 Å². The molecule has 0 radical (unpaired) electrons. The van der Waals surface area contributed by atoms with E-state index < -0.39 is 0 Å². The molecule has 0 spiro atoms. The van der Waals surface area contributed by atoms with Gasteiger partial charge in [-0.1, -0.05) is 12.1 Å². The molecule has 1 heterocycles. The molecule has 116 valence electrons. The first-order valence-electron chi connectivity index (χ1n) is 6.93. The highest BCUT2D eigenvalue weighted by atomic mass is 32.1. The molecule has 0 bridgehead atoms. The summed E-state index contributed by atoms with van der Waals surface area (Å²) in [7, 11) is 0. The summed E-state index contributed by atoms with van der Waals surface area (Å²) in [6, 6.07) is 7.11. The number of nitrogens with zero attached hydrogens (tertiary/aromatic N) is 1. The molecule has 0 aliphatic carbocycles. The van der Waals surface area contributed by atoms with Gasteiger partial charge in [-0.25, -0.2) is 4.98 Å². The second kappa shape index (κ2) is 7.67. The predicted molar refractivity (Wildman–Crippen MR) is 85.6 cm³/mol. The van der Waals surface area contributed by atoms with Gasteiger partial charge in [-0.05, 0) is 24.6 Å². The summed E-state index contributed by atoms with van der Waals surface area (Å²) in [4.78, 5) is 27.7. The third kappa shape index (κ3) is 4.12. The number of hydrogen-bond acceptors (Lipinski definition) is 5. The Morgan fingerprint density at radius 3 is 2.50 bits per heavy atom. The van der Waals surface area contributed by atoms with E-state index in [1.54, 1.807) is 17.5 Å². The Hall–Kier alpha value is -2.25. The van der Waals surface area contributed by atoms with Crippen LogP contribution in [0.5, 0.6) is 0 Å². The molecule has 1 aromatic heterocycles. The second-order valence-electron chi connectivity index (χ2n) is 4.57. The summed E-state index contributed by atoms with van der Waals surface area (Å²) >= 11 is 1.37. The highest BCUT2D eigenvalue weighted by molar-refractivity contribution is 7.09. The van der Waals surface area contributed by atoms with Crippen molar-refractivity contribution >= 4 is 23.2 Å². The Morgan fingerprint density at radius 1 is 1.18 bits per heavy atom. The van der Waals surface area contributed by atoms with Crippen molar-refractivity contribution in [3.05, 3.63) is 51.5 Å². The van der Waals surface area contributed by atoms with Crippen molar-refractivity contribution in [2.45, 2.75) is 20.0 Å². The lowest BCUT2D eigenvalue weighted by Gasteiger charge is -2.05. The first-order valence-corrected chi connectivity index (χ1v) is 7.81. The second-order valence-corrected chi connectivity index (χ2v) is 5.51. The summed E-state index contributed by atoms with van der Waals surface area (Å²) in [6.45, 7) is 3.18. The van der Waals surface area contributed by atoms with E-state index in [1.807, 2.05) is 19.1 Å². The summed E-state index contributed by atoms with van der Waals surface area (Å²) in [5.41, 5.74) is 7.36. The molecule has 22 heavy (non-hydrogen) atoms. The lowest BCUT2D eigenvalue weighted by atomic mass is 10.1. The molecule has 2 amide bonds. The molecule has 7 heteroatoms. The molecular weight excluding hydrogens is 300 g/mol. The molecule has 0 fully saturated rings. The number of thiazole rings is 1. The zero-order valence-corrected chi connectivity index (χ0v) is 13.1. The fraction of sp³-hybridized carbons (Fsp3) is 0.267. The molecule has 0 saturated heterocycles. The highest BCUT2D eigenvalue weighted by Gasteiger charge is 2.10. The molecule has 0 saturated carbocycles. The van der Waals surface area contributed by atoms with Crippen LogP contribution in [-0.2, 0) is 13.1 Å². The minimum Gasteiger partial charge on any atom is -0.352 e. The number of amides is 2. The lowest BCUT2D eigenvalue weighted by molar-refractivity contribution is 0.0941. The van der Waals surface area contributed by atoms with Gasteiger partial charge in [-0.15, -0.1) is 11.3 Å². The maximum absolute atomic E-state index is 11.9. The van der Waals surface area contributed by atoms with Gasteiger partial charge in [0.05, 0.1) is 0 Å². The number of aromatic nitrogens is 1. The van der Waals surface area contributed by atoms with Crippen LogP contribution in [-0.4, -0.2) is 23.3 Å². The number of nitrogens with two attached hydrogens (primary N) is 1. The topological polar surface area (TPSA) is 97.1 Å². The van der Waals surface area contributed by atoms with Crippen molar-refractivity contribution in [3.8, 4) is 0 Å². The minimum atomic E-state index is -0.233. The van der Waals surface area contributed by atoms with E-state index in [9.17, 15) is 9.59 Å². The van der Waals surface area contributed by atoms with E-state index in [0.717, 1.165) is 10.6 Å². The van der Waals surface area contributed by atoms with Crippen molar-refractivity contribution in [2.75, 3.05) is 6.54 Å². The number of hydrogen-bond donors (Lipinski definition) is 3. The third-order valence-corrected chi connectivity index (χ3v) is 3.84. The maximum Gasteiger partial charge on any atom is 0.271 e. The number of benzene rings is 1.